The molecule has 3 rings (SSSR count). The molecule has 0 spiro atoms. The predicted octanol–water partition coefficient (Wildman–Crippen LogP) is 3.40. The molecule has 1 aliphatic heterocycles. The smallest absolute Gasteiger partial charge is 0.201 e. The number of halogens is 1. The third-order valence-corrected chi connectivity index (χ3v) is 3.95. The molecule has 2 aromatic rings. The molecule has 0 radical (unpaired) electrons. The quantitative estimate of drug-likeness (QED) is 0.870. The third kappa shape index (κ3) is 2.30. The Kier molecular flexibility index (Phi) is 2.95. The van der Waals surface area contributed by atoms with Gasteiger partial charge in [-0.05, 0) is 44.9 Å². The monoisotopic (exact) mass is 279 g/mol. The van der Waals surface area contributed by atoms with E-state index in [1.807, 2.05) is 18.2 Å². The molecule has 1 saturated heterocycles. The van der Waals surface area contributed by atoms with Crippen LogP contribution in [0.15, 0.2) is 18.2 Å². The van der Waals surface area contributed by atoms with Crippen LogP contribution in [0.5, 0.6) is 0 Å². The molecule has 4 nitrogen and oxygen atoms in total. The molecule has 2 heterocycles. The molecule has 1 fully saturated rings. The fourth-order valence-electron chi connectivity index (χ4n) is 2.89. The van der Waals surface area contributed by atoms with Crippen LogP contribution in [0.4, 0.5) is 5.95 Å². The molecule has 1 atom stereocenters. The van der Waals surface area contributed by atoms with E-state index >= 15 is 0 Å². The standard InChI is InChI=1S/C14H18ClN3O/c1-14(2)8-10(5-6-19-14)18-12-7-9(15)3-4-11(12)17-13(18)16/h3-4,7,10H,5-6,8H2,1-2H3,(H2,16,17). The normalized spacial score (nSPS) is 22.8. The van der Waals surface area contributed by atoms with Gasteiger partial charge in [0, 0.05) is 17.7 Å². The minimum atomic E-state index is -0.121. The van der Waals surface area contributed by atoms with Gasteiger partial charge in [0.15, 0.2) is 0 Å². The van der Waals surface area contributed by atoms with E-state index in [9.17, 15) is 0 Å². The maximum Gasteiger partial charge on any atom is 0.201 e. The van der Waals surface area contributed by atoms with Gasteiger partial charge in [-0.1, -0.05) is 11.6 Å². The van der Waals surface area contributed by atoms with Gasteiger partial charge >= 0.3 is 0 Å². The van der Waals surface area contributed by atoms with Gasteiger partial charge < -0.3 is 15.0 Å². The molecule has 2 N–H and O–H groups in total. The van der Waals surface area contributed by atoms with Gasteiger partial charge in [-0.3, -0.25) is 0 Å². The van der Waals surface area contributed by atoms with E-state index in [0.29, 0.717) is 17.0 Å². The lowest BCUT2D eigenvalue weighted by atomic mass is 9.93. The van der Waals surface area contributed by atoms with E-state index in [2.05, 4.69) is 23.4 Å². The summed E-state index contributed by atoms with van der Waals surface area (Å²) in [6.45, 7) is 4.97. The molecular weight excluding hydrogens is 262 g/mol. The van der Waals surface area contributed by atoms with Gasteiger partial charge in [-0.15, -0.1) is 0 Å². The maximum absolute atomic E-state index is 6.09. The zero-order chi connectivity index (χ0) is 13.6. The number of nitrogen functional groups attached to an aromatic ring is 1. The van der Waals surface area contributed by atoms with Crippen LogP contribution in [0, 0.1) is 0 Å². The van der Waals surface area contributed by atoms with Gasteiger partial charge in [0.2, 0.25) is 5.95 Å². The van der Waals surface area contributed by atoms with Gasteiger partial charge in [-0.25, -0.2) is 4.98 Å². The van der Waals surface area contributed by atoms with Gasteiger partial charge in [-0.2, -0.15) is 0 Å². The molecule has 19 heavy (non-hydrogen) atoms. The highest BCUT2D eigenvalue weighted by atomic mass is 35.5. The van der Waals surface area contributed by atoms with Crippen molar-refractivity contribution in [3.63, 3.8) is 0 Å². The van der Waals surface area contributed by atoms with Crippen molar-refractivity contribution < 1.29 is 4.74 Å². The lowest BCUT2D eigenvalue weighted by Gasteiger charge is -2.36. The van der Waals surface area contributed by atoms with Crippen LogP contribution in [0.2, 0.25) is 5.02 Å². The first-order valence-electron chi connectivity index (χ1n) is 6.53. The highest BCUT2D eigenvalue weighted by Gasteiger charge is 2.31. The summed E-state index contributed by atoms with van der Waals surface area (Å²) < 4.78 is 7.87. The molecule has 102 valence electrons. The molecule has 5 heteroatoms. The second-order valence-electron chi connectivity index (χ2n) is 5.73. The highest BCUT2D eigenvalue weighted by molar-refractivity contribution is 6.31. The van der Waals surface area contributed by atoms with Crippen molar-refractivity contribution in [2.75, 3.05) is 12.3 Å². The first-order chi connectivity index (χ1) is 8.96. The number of anilines is 1. The highest BCUT2D eigenvalue weighted by Crippen LogP contribution is 2.36. The van der Waals surface area contributed by atoms with Crippen LogP contribution in [-0.4, -0.2) is 21.8 Å². The molecule has 0 bridgehead atoms. The molecule has 1 aromatic heterocycles. The van der Waals surface area contributed by atoms with Crippen LogP contribution >= 0.6 is 11.6 Å². The van der Waals surface area contributed by atoms with E-state index in [1.165, 1.54) is 0 Å². The number of hydrogen-bond donors (Lipinski definition) is 1. The van der Waals surface area contributed by atoms with E-state index in [0.717, 1.165) is 30.5 Å². The molecule has 0 amide bonds. The van der Waals surface area contributed by atoms with Crippen LogP contribution < -0.4 is 5.73 Å². The van der Waals surface area contributed by atoms with Gasteiger partial charge in [0.1, 0.15) is 0 Å². The van der Waals surface area contributed by atoms with Crippen molar-refractivity contribution in [3.8, 4) is 0 Å². The van der Waals surface area contributed by atoms with E-state index < -0.39 is 0 Å². The number of fused-ring (bicyclic) bond motifs is 1. The van der Waals surface area contributed by atoms with E-state index in [-0.39, 0.29) is 5.60 Å². The molecule has 1 aliphatic rings. The van der Waals surface area contributed by atoms with Crippen molar-refractivity contribution in [2.24, 2.45) is 0 Å². The SMILES string of the molecule is CC1(C)CC(n2c(N)nc3ccc(Cl)cc32)CCO1. The largest absolute Gasteiger partial charge is 0.375 e. The van der Waals surface area contributed by atoms with Gasteiger partial charge in [0.05, 0.1) is 16.6 Å². The number of benzene rings is 1. The second-order valence-corrected chi connectivity index (χ2v) is 6.16. The maximum atomic E-state index is 6.09. The number of ether oxygens (including phenoxy) is 1. The Labute approximate surface area is 117 Å². The second kappa shape index (κ2) is 4.39. The summed E-state index contributed by atoms with van der Waals surface area (Å²) >= 11 is 6.09. The third-order valence-electron chi connectivity index (χ3n) is 3.72. The Hall–Kier alpha value is -1.26. The fraction of sp³-hybridized carbons (Fsp3) is 0.500. The molecule has 1 unspecified atom stereocenters. The zero-order valence-corrected chi connectivity index (χ0v) is 11.9. The number of aromatic nitrogens is 2. The van der Waals surface area contributed by atoms with Crippen molar-refractivity contribution in [1.82, 2.24) is 9.55 Å². The van der Waals surface area contributed by atoms with Crippen LogP contribution in [0.3, 0.4) is 0 Å². The van der Waals surface area contributed by atoms with Gasteiger partial charge in [0.25, 0.3) is 0 Å². The Morgan fingerprint density at radius 2 is 2.26 bits per heavy atom. The Balaban J connectivity index is 2.08. The average molecular weight is 280 g/mol. The van der Waals surface area contributed by atoms with Crippen LogP contribution in [-0.2, 0) is 4.74 Å². The number of nitrogens with zero attached hydrogens (tertiary/aromatic N) is 2. The van der Waals surface area contributed by atoms with Crippen molar-refractivity contribution in [2.45, 2.75) is 38.3 Å². The van der Waals surface area contributed by atoms with Crippen LogP contribution in [0.25, 0.3) is 11.0 Å². The zero-order valence-electron chi connectivity index (χ0n) is 11.2. The van der Waals surface area contributed by atoms with Crippen LogP contribution in [0.1, 0.15) is 32.7 Å². The summed E-state index contributed by atoms with van der Waals surface area (Å²) in [6, 6.07) is 6.00. The topological polar surface area (TPSA) is 53.1 Å². The summed E-state index contributed by atoms with van der Waals surface area (Å²) in [7, 11) is 0. The van der Waals surface area contributed by atoms with Crippen molar-refractivity contribution in [1.29, 1.82) is 0 Å². The fourth-order valence-corrected chi connectivity index (χ4v) is 3.05. The summed E-state index contributed by atoms with van der Waals surface area (Å²) in [5.41, 5.74) is 7.87. The molecule has 0 aliphatic carbocycles. The minimum Gasteiger partial charge on any atom is -0.375 e. The predicted molar refractivity (Wildman–Crippen MR) is 77.5 cm³/mol. The average Bonchev–Trinajstić information content (AvgIpc) is 2.63. The number of imidazole rings is 1. The van der Waals surface area contributed by atoms with E-state index in [4.69, 9.17) is 22.1 Å². The summed E-state index contributed by atoms with van der Waals surface area (Å²) in [4.78, 5) is 4.42. The Morgan fingerprint density at radius 1 is 1.47 bits per heavy atom. The molecule has 0 saturated carbocycles. The lowest BCUT2D eigenvalue weighted by Crippen LogP contribution is -2.35. The first kappa shape index (κ1) is 12.8. The summed E-state index contributed by atoms with van der Waals surface area (Å²) in [5, 5.41) is 0.708. The Bertz CT molecular complexity index is 620. The van der Waals surface area contributed by atoms with Crippen molar-refractivity contribution in [3.05, 3.63) is 23.2 Å². The molecular formula is C14H18ClN3O. The summed E-state index contributed by atoms with van der Waals surface area (Å²) in [6.07, 6.45) is 1.88. The minimum absolute atomic E-state index is 0.121. The van der Waals surface area contributed by atoms with E-state index in [1.54, 1.807) is 0 Å². The number of rotatable bonds is 1. The van der Waals surface area contributed by atoms with Crippen molar-refractivity contribution >= 4 is 28.6 Å². The molecule has 1 aromatic carbocycles. The first-order valence-corrected chi connectivity index (χ1v) is 6.91. The number of nitrogens with two attached hydrogens (primary N) is 1. The number of hydrogen-bond acceptors (Lipinski definition) is 3. The Morgan fingerprint density at radius 3 is 3.00 bits per heavy atom. The lowest BCUT2D eigenvalue weighted by molar-refractivity contribution is -0.0682. The summed E-state index contributed by atoms with van der Waals surface area (Å²) in [5.74, 6) is 0.556.